The lowest BCUT2D eigenvalue weighted by Gasteiger charge is -2.37. The maximum absolute atomic E-state index is 11.5. The predicted octanol–water partition coefficient (Wildman–Crippen LogP) is 0.885. The monoisotopic (exact) mass is 195 g/mol. The summed E-state index contributed by atoms with van der Waals surface area (Å²) in [6, 6.07) is 0. The SMILES string of the molecule is NC1(CC(=O)Nc2cnoc2)CCC1. The number of nitrogens with one attached hydrogen (secondary N) is 1. The van der Waals surface area contributed by atoms with Crippen LogP contribution < -0.4 is 11.1 Å². The van der Waals surface area contributed by atoms with E-state index in [0.717, 1.165) is 19.3 Å². The molecule has 5 heteroatoms. The van der Waals surface area contributed by atoms with E-state index in [1.165, 1.54) is 12.5 Å². The topological polar surface area (TPSA) is 81.2 Å². The minimum atomic E-state index is -0.277. The number of anilines is 1. The number of hydrogen-bond donors (Lipinski definition) is 2. The van der Waals surface area contributed by atoms with Gasteiger partial charge in [-0.3, -0.25) is 4.79 Å². The molecule has 0 radical (unpaired) electrons. The average molecular weight is 195 g/mol. The zero-order valence-corrected chi connectivity index (χ0v) is 7.82. The molecule has 0 bridgehead atoms. The van der Waals surface area contributed by atoms with Crippen LogP contribution in [0.15, 0.2) is 17.0 Å². The molecule has 0 unspecified atom stereocenters. The van der Waals surface area contributed by atoms with Crippen molar-refractivity contribution in [1.82, 2.24) is 5.16 Å². The van der Waals surface area contributed by atoms with Crippen molar-refractivity contribution in [2.45, 2.75) is 31.2 Å². The van der Waals surface area contributed by atoms with Crippen molar-refractivity contribution < 1.29 is 9.32 Å². The molecular formula is C9H13N3O2. The van der Waals surface area contributed by atoms with Crippen LogP contribution in [0.2, 0.25) is 0 Å². The van der Waals surface area contributed by atoms with E-state index in [-0.39, 0.29) is 11.4 Å². The Morgan fingerprint density at radius 2 is 2.50 bits per heavy atom. The number of nitrogens with zero attached hydrogens (tertiary/aromatic N) is 1. The van der Waals surface area contributed by atoms with Crippen LogP contribution in [0.5, 0.6) is 0 Å². The van der Waals surface area contributed by atoms with Crippen LogP contribution in [0.3, 0.4) is 0 Å². The molecule has 0 spiro atoms. The van der Waals surface area contributed by atoms with E-state index in [4.69, 9.17) is 5.73 Å². The van der Waals surface area contributed by atoms with E-state index in [9.17, 15) is 4.79 Å². The molecule has 0 aliphatic heterocycles. The van der Waals surface area contributed by atoms with E-state index in [1.807, 2.05) is 0 Å². The maximum Gasteiger partial charge on any atom is 0.226 e. The second kappa shape index (κ2) is 3.42. The van der Waals surface area contributed by atoms with E-state index >= 15 is 0 Å². The zero-order valence-electron chi connectivity index (χ0n) is 7.82. The molecule has 1 aromatic heterocycles. The van der Waals surface area contributed by atoms with Crippen LogP contribution >= 0.6 is 0 Å². The zero-order chi connectivity index (χ0) is 10.0. The van der Waals surface area contributed by atoms with Crippen molar-refractivity contribution in [1.29, 1.82) is 0 Å². The van der Waals surface area contributed by atoms with Gasteiger partial charge in [0.15, 0.2) is 0 Å². The Hall–Kier alpha value is -1.36. The molecular weight excluding hydrogens is 182 g/mol. The van der Waals surface area contributed by atoms with E-state index in [0.29, 0.717) is 12.1 Å². The molecule has 2 rings (SSSR count). The lowest BCUT2D eigenvalue weighted by molar-refractivity contribution is -0.118. The maximum atomic E-state index is 11.5. The van der Waals surface area contributed by atoms with Gasteiger partial charge in [-0.05, 0) is 19.3 Å². The minimum Gasteiger partial charge on any atom is -0.363 e. The molecule has 1 amide bonds. The highest BCUT2D eigenvalue weighted by Crippen LogP contribution is 2.32. The smallest absolute Gasteiger partial charge is 0.226 e. The van der Waals surface area contributed by atoms with Crippen LogP contribution in [0.4, 0.5) is 5.69 Å². The molecule has 0 aromatic carbocycles. The summed E-state index contributed by atoms with van der Waals surface area (Å²) in [4.78, 5) is 11.5. The molecule has 5 nitrogen and oxygen atoms in total. The molecule has 76 valence electrons. The lowest BCUT2D eigenvalue weighted by Crippen LogP contribution is -2.48. The van der Waals surface area contributed by atoms with Gasteiger partial charge in [0, 0.05) is 12.0 Å². The molecule has 14 heavy (non-hydrogen) atoms. The Morgan fingerprint density at radius 3 is 3.00 bits per heavy atom. The minimum absolute atomic E-state index is 0.0737. The third kappa shape index (κ3) is 1.93. The van der Waals surface area contributed by atoms with Gasteiger partial charge in [-0.15, -0.1) is 0 Å². The number of aromatic nitrogens is 1. The van der Waals surface area contributed by atoms with Gasteiger partial charge < -0.3 is 15.6 Å². The van der Waals surface area contributed by atoms with Crippen LogP contribution in [-0.2, 0) is 4.79 Å². The fourth-order valence-electron chi connectivity index (χ4n) is 1.60. The summed E-state index contributed by atoms with van der Waals surface area (Å²) in [5.74, 6) is -0.0737. The van der Waals surface area contributed by atoms with Gasteiger partial charge in [0.1, 0.15) is 12.0 Å². The van der Waals surface area contributed by atoms with Crippen LogP contribution in [0.1, 0.15) is 25.7 Å². The largest absolute Gasteiger partial charge is 0.363 e. The molecule has 1 heterocycles. The first-order valence-corrected chi connectivity index (χ1v) is 4.66. The highest BCUT2D eigenvalue weighted by atomic mass is 16.5. The van der Waals surface area contributed by atoms with Gasteiger partial charge in [0.25, 0.3) is 0 Å². The summed E-state index contributed by atoms with van der Waals surface area (Å²) in [6.45, 7) is 0. The van der Waals surface area contributed by atoms with E-state index in [1.54, 1.807) is 0 Å². The quantitative estimate of drug-likeness (QED) is 0.750. The van der Waals surface area contributed by atoms with Gasteiger partial charge >= 0.3 is 0 Å². The summed E-state index contributed by atoms with van der Waals surface area (Å²) in [5, 5.41) is 6.16. The first-order valence-electron chi connectivity index (χ1n) is 4.66. The van der Waals surface area contributed by atoms with Crippen LogP contribution in [-0.4, -0.2) is 16.6 Å². The highest BCUT2D eigenvalue weighted by Gasteiger charge is 2.34. The molecule has 1 aromatic rings. The summed E-state index contributed by atoms with van der Waals surface area (Å²) in [6.07, 6.45) is 6.22. The van der Waals surface area contributed by atoms with Crippen molar-refractivity contribution in [2.24, 2.45) is 5.73 Å². The second-order valence-electron chi connectivity index (χ2n) is 3.85. The Morgan fingerprint density at radius 1 is 1.71 bits per heavy atom. The Labute approximate surface area is 81.6 Å². The molecule has 0 saturated heterocycles. The number of carbonyl (C=O) groups excluding carboxylic acids is 1. The van der Waals surface area contributed by atoms with Crippen molar-refractivity contribution in [3.05, 3.63) is 12.5 Å². The molecule has 1 fully saturated rings. The number of amides is 1. The normalized spacial score (nSPS) is 18.6. The molecule has 1 aliphatic rings. The fraction of sp³-hybridized carbons (Fsp3) is 0.556. The summed E-state index contributed by atoms with van der Waals surface area (Å²) >= 11 is 0. The standard InChI is InChI=1S/C9H13N3O2/c10-9(2-1-3-9)4-8(13)12-7-5-11-14-6-7/h5-6H,1-4,10H2,(H,12,13). The number of hydrogen-bond acceptors (Lipinski definition) is 4. The third-order valence-corrected chi connectivity index (χ3v) is 2.58. The summed E-state index contributed by atoms with van der Waals surface area (Å²) in [5.41, 5.74) is 6.24. The van der Waals surface area contributed by atoms with Crippen molar-refractivity contribution >= 4 is 11.6 Å². The van der Waals surface area contributed by atoms with E-state index in [2.05, 4.69) is 15.0 Å². The van der Waals surface area contributed by atoms with Crippen molar-refractivity contribution in [2.75, 3.05) is 5.32 Å². The van der Waals surface area contributed by atoms with Gasteiger partial charge in [-0.2, -0.15) is 0 Å². The average Bonchev–Trinajstić information content (AvgIpc) is 2.53. The Kier molecular flexibility index (Phi) is 2.25. The van der Waals surface area contributed by atoms with Gasteiger partial charge in [-0.1, -0.05) is 5.16 Å². The number of nitrogens with two attached hydrogens (primary N) is 1. The van der Waals surface area contributed by atoms with Crippen LogP contribution in [0.25, 0.3) is 0 Å². The van der Waals surface area contributed by atoms with Crippen molar-refractivity contribution in [3.63, 3.8) is 0 Å². The lowest BCUT2D eigenvalue weighted by atomic mass is 9.75. The molecule has 3 N–H and O–H groups in total. The molecule has 1 saturated carbocycles. The van der Waals surface area contributed by atoms with E-state index < -0.39 is 0 Å². The van der Waals surface area contributed by atoms with Crippen LogP contribution in [0, 0.1) is 0 Å². The van der Waals surface area contributed by atoms with Crippen molar-refractivity contribution in [3.8, 4) is 0 Å². The van der Waals surface area contributed by atoms with Gasteiger partial charge in [-0.25, -0.2) is 0 Å². The third-order valence-electron chi connectivity index (χ3n) is 2.58. The second-order valence-corrected chi connectivity index (χ2v) is 3.85. The Bertz CT molecular complexity index is 317. The van der Waals surface area contributed by atoms with Gasteiger partial charge in [0.2, 0.25) is 5.91 Å². The molecule has 0 atom stereocenters. The number of carbonyl (C=O) groups is 1. The first kappa shape index (κ1) is 9.21. The first-order chi connectivity index (χ1) is 6.68. The number of rotatable bonds is 3. The summed E-state index contributed by atoms with van der Waals surface area (Å²) in [7, 11) is 0. The fourth-order valence-corrected chi connectivity index (χ4v) is 1.60. The Balaban J connectivity index is 1.84. The summed E-state index contributed by atoms with van der Waals surface area (Å²) < 4.78 is 4.59. The van der Waals surface area contributed by atoms with Gasteiger partial charge in [0.05, 0.1) is 6.20 Å². The highest BCUT2D eigenvalue weighted by molar-refractivity contribution is 5.91. The predicted molar refractivity (Wildman–Crippen MR) is 50.5 cm³/mol. The molecule has 1 aliphatic carbocycles.